The van der Waals surface area contributed by atoms with Crippen molar-refractivity contribution in [1.29, 1.82) is 0 Å². The lowest BCUT2D eigenvalue weighted by molar-refractivity contribution is 0.0996. The Labute approximate surface area is 179 Å². The standard InChI is InChI=1S/C22H23N5O4/c1-14-4-2-3-5-17(14)24-21-25-18(20(23)28)19(31-21)15-6-8-16(9-7-15)26-10-12-27(13-11-26)22(29)30/h2-9H,10-13H2,1H3,(H2,23,28)(H,24,25)(H,29,30). The van der Waals surface area contributed by atoms with E-state index in [1.807, 2.05) is 55.5 Å². The van der Waals surface area contributed by atoms with Crippen LogP contribution < -0.4 is 16.0 Å². The van der Waals surface area contributed by atoms with Crippen molar-refractivity contribution in [3.05, 3.63) is 59.8 Å². The molecule has 1 saturated heterocycles. The van der Waals surface area contributed by atoms with Crippen molar-refractivity contribution >= 4 is 29.4 Å². The number of nitrogens with zero attached hydrogens (tertiary/aromatic N) is 3. The first-order valence-corrected chi connectivity index (χ1v) is 9.89. The van der Waals surface area contributed by atoms with E-state index in [0.717, 1.165) is 16.9 Å². The summed E-state index contributed by atoms with van der Waals surface area (Å²) in [7, 11) is 0. The average molecular weight is 421 g/mol. The number of piperazine rings is 1. The van der Waals surface area contributed by atoms with Crippen molar-refractivity contribution in [2.24, 2.45) is 5.73 Å². The van der Waals surface area contributed by atoms with Gasteiger partial charge in [-0.05, 0) is 42.8 Å². The third kappa shape index (κ3) is 4.30. The molecule has 160 valence electrons. The fourth-order valence-electron chi connectivity index (χ4n) is 3.54. The largest absolute Gasteiger partial charge is 0.465 e. The quantitative estimate of drug-likeness (QED) is 0.577. The lowest BCUT2D eigenvalue weighted by Crippen LogP contribution is -2.48. The van der Waals surface area contributed by atoms with E-state index in [4.69, 9.17) is 15.3 Å². The van der Waals surface area contributed by atoms with Crippen LogP contribution in [0.4, 0.5) is 22.2 Å². The van der Waals surface area contributed by atoms with Crippen molar-refractivity contribution in [3.63, 3.8) is 0 Å². The maximum absolute atomic E-state index is 11.9. The summed E-state index contributed by atoms with van der Waals surface area (Å²) in [5, 5.41) is 12.2. The number of nitrogens with two attached hydrogens (primary N) is 1. The Morgan fingerprint density at radius 1 is 1.06 bits per heavy atom. The van der Waals surface area contributed by atoms with Crippen LogP contribution in [0.25, 0.3) is 11.3 Å². The predicted octanol–water partition coefficient (Wildman–Crippen LogP) is 3.29. The van der Waals surface area contributed by atoms with Gasteiger partial charge >= 0.3 is 6.09 Å². The van der Waals surface area contributed by atoms with E-state index < -0.39 is 12.0 Å². The van der Waals surface area contributed by atoms with Crippen LogP contribution >= 0.6 is 0 Å². The number of primary amides is 1. The number of oxazole rings is 1. The van der Waals surface area contributed by atoms with Gasteiger partial charge in [0, 0.05) is 43.1 Å². The minimum atomic E-state index is -0.894. The smallest absolute Gasteiger partial charge is 0.407 e. The molecule has 2 heterocycles. The van der Waals surface area contributed by atoms with Gasteiger partial charge in [0.2, 0.25) is 0 Å². The van der Waals surface area contributed by atoms with E-state index in [-0.39, 0.29) is 11.7 Å². The fraction of sp³-hybridized carbons (Fsp3) is 0.227. The van der Waals surface area contributed by atoms with E-state index >= 15 is 0 Å². The topological polar surface area (TPSA) is 125 Å². The predicted molar refractivity (Wildman–Crippen MR) is 117 cm³/mol. The van der Waals surface area contributed by atoms with Crippen LogP contribution in [0.5, 0.6) is 0 Å². The van der Waals surface area contributed by atoms with Gasteiger partial charge in [-0.2, -0.15) is 4.98 Å². The summed E-state index contributed by atoms with van der Waals surface area (Å²) in [6.45, 7) is 4.10. The van der Waals surface area contributed by atoms with Crippen LogP contribution in [-0.2, 0) is 0 Å². The number of amides is 2. The lowest BCUT2D eigenvalue weighted by atomic mass is 10.1. The molecule has 0 unspecified atom stereocenters. The molecule has 31 heavy (non-hydrogen) atoms. The minimum absolute atomic E-state index is 0.0545. The third-order valence-corrected chi connectivity index (χ3v) is 5.29. The number of hydrogen-bond donors (Lipinski definition) is 3. The molecule has 9 nitrogen and oxygen atoms in total. The molecule has 3 aromatic rings. The molecule has 0 radical (unpaired) electrons. The van der Waals surface area contributed by atoms with E-state index in [2.05, 4.69) is 15.2 Å². The summed E-state index contributed by atoms with van der Waals surface area (Å²) >= 11 is 0. The fourth-order valence-corrected chi connectivity index (χ4v) is 3.54. The Balaban J connectivity index is 1.55. The second-order valence-electron chi connectivity index (χ2n) is 7.30. The van der Waals surface area contributed by atoms with Crippen molar-refractivity contribution in [3.8, 4) is 11.3 Å². The molecule has 1 aliphatic rings. The molecule has 4 rings (SSSR count). The number of carboxylic acid groups (broad SMARTS) is 1. The van der Waals surface area contributed by atoms with Crippen LogP contribution in [0.3, 0.4) is 0 Å². The summed E-state index contributed by atoms with van der Waals surface area (Å²) in [5.74, 6) is -0.378. The molecule has 0 bridgehead atoms. The summed E-state index contributed by atoms with van der Waals surface area (Å²) in [6.07, 6.45) is -0.894. The average Bonchev–Trinajstić information content (AvgIpc) is 3.20. The van der Waals surface area contributed by atoms with Crippen LogP contribution in [0.15, 0.2) is 52.9 Å². The van der Waals surface area contributed by atoms with Crippen molar-refractivity contribution in [2.45, 2.75) is 6.92 Å². The van der Waals surface area contributed by atoms with Gasteiger partial charge in [0.15, 0.2) is 11.5 Å². The molecule has 9 heteroatoms. The molecular formula is C22H23N5O4. The highest BCUT2D eigenvalue weighted by molar-refractivity contribution is 5.97. The summed E-state index contributed by atoms with van der Waals surface area (Å²) in [4.78, 5) is 30.8. The second-order valence-corrected chi connectivity index (χ2v) is 7.30. The SMILES string of the molecule is Cc1ccccc1Nc1nc(C(N)=O)c(-c2ccc(N3CCN(C(=O)O)CC3)cc2)o1. The number of rotatable bonds is 5. The normalized spacial score (nSPS) is 13.8. The highest BCUT2D eigenvalue weighted by Gasteiger charge is 2.22. The first-order valence-electron chi connectivity index (χ1n) is 9.89. The molecule has 1 aliphatic heterocycles. The van der Waals surface area contributed by atoms with Crippen LogP contribution in [-0.4, -0.2) is 53.2 Å². The molecular weight excluding hydrogens is 398 g/mol. The van der Waals surface area contributed by atoms with Gasteiger partial charge in [-0.1, -0.05) is 18.2 Å². The summed E-state index contributed by atoms with van der Waals surface area (Å²) in [5.41, 5.74) is 9.05. The molecule has 1 fully saturated rings. The summed E-state index contributed by atoms with van der Waals surface area (Å²) < 4.78 is 5.84. The van der Waals surface area contributed by atoms with Crippen LogP contribution in [0, 0.1) is 6.92 Å². The van der Waals surface area contributed by atoms with Crippen molar-refractivity contribution in [2.75, 3.05) is 36.4 Å². The van der Waals surface area contributed by atoms with Gasteiger partial charge in [-0.25, -0.2) is 4.79 Å². The number of hydrogen-bond acceptors (Lipinski definition) is 6. The molecule has 1 aromatic heterocycles. The number of nitrogens with one attached hydrogen (secondary N) is 1. The lowest BCUT2D eigenvalue weighted by Gasteiger charge is -2.34. The van der Waals surface area contributed by atoms with E-state index in [0.29, 0.717) is 37.5 Å². The van der Waals surface area contributed by atoms with Gasteiger partial charge in [0.05, 0.1) is 0 Å². The minimum Gasteiger partial charge on any atom is -0.465 e. The summed E-state index contributed by atoms with van der Waals surface area (Å²) in [6, 6.07) is 15.3. The van der Waals surface area contributed by atoms with Crippen molar-refractivity contribution in [1.82, 2.24) is 9.88 Å². The third-order valence-electron chi connectivity index (χ3n) is 5.29. The molecule has 4 N–H and O–H groups in total. The number of aromatic nitrogens is 1. The van der Waals surface area contributed by atoms with E-state index in [1.165, 1.54) is 4.90 Å². The van der Waals surface area contributed by atoms with Gasteiger partial charge in [0.25, 0.3) is 11.9 Å². The van der Waals surface area contributed by atoms with Gasteiger partial charge in [-0.3, -0.25) is 4.79 Å². The number of anilines is 3. The Kier molecular flexibility index (Phi) is 5.48. The van der Waals surface area contributed by atoms with E-state index in [9.17, 15) is 9.59 Å². The molecule has 2 aromatic carbocycles. The van der Waals surface area contributed by atoms with E-state index in [1.54, 1.807) is 0 Å². The number of aryl methyl sites for hydroxylation is 1. The number of benzene rings is 2. The number of carbonyl (C=O) groups is 2. The molecule has 0 atom stereocenters. The Morgan fingerprint density at radius 2 is 1.74 bits per heavy atom. The monoisotopic (exact) mass is 421 g/mol. The van der Waals surface area contributed by atoms with Gasteiger partial charge in [0.1, 0.15) is 0 Å². The zero-order valence-electron chi connectivity index (χ0n) is 17.0. The second kappa shape index (κ2) is 8.39. The molecule has 2 amide bonds. The van der Waals surface area contributed by atoms with Crippen LogP contribution in [0.1, 0.15) is 16.1 Å². The molecule has 0 spiro atoms. The van der Waals surface area contributed by atoms with Gasteiger partial charge < -0.3 is 30.4 Å². The van der Waals surface area contributed by atoms with Crippen molar-refractivity contribution < 1.29 is 19.1 Å². The zero-order chi connectivity index (χ0) is 22.0. The van der Waals surface area contributed by atoms with Gasteiger partial charge in [-0.15, -0.1) is 0 Å². The molecule has 0 saturated carbocycles. The number of carbonyl (C=O) groups excluding carboxylic acids is 1. The zero-order valence-corrected chi connectivity index (χ0v) is 17.0. The van der Waals surface area contributed by atoms with Crippen LogP contribution in [0.2, 0.25) is 0 Å². The number of para-hydroxylation sites is 1. The Hall–Kier alpha value is -4.01. The Bertz CT molecular complexity index is 1100. The molecule has 0 aliphatic carbocycles. The maximum Gasteiger partial charge on any atom is 0.407 e. The highest BCUT2D eigenvalue weighted by atomic mass is 16.4. The highest BCUT2D eigenvalue weighted by Crippen LogP contribution is 2.31. The first-order chi connectivity index (χ1) is 14.9. The maximum atomic E-state index is 11.9. The Morgan fingerprint density at radius 3 is 2.35 bits per heavy atom. The first kappa shape index (κ1) is 20.3.